The third-order valence-corrected chi connectivity index (χ3v) is 5.94. The number of halogens is 3. The van der Waals surface area contributed by atoms with Crippen molar-refractivity contribution in [1.29, 1.82) is 0 Å². The maximum atomic E-state index is 13.7. The molecule has 5 nitrogen and oxygen atoms in total. The van der Waals surface area contributed by atoms with Crippen molar-refractivity contribution < 1.29 is 32.2 Å². The van der Waals surface area contributed by atoms with E-state index in [2.05, 4.69) is 0 Å². The van der Waals surface area contributed by atoms with Crippen molar-refractivity contribution in [3.63, 3.8) is 0 Å². The fourth-order valence-electron chi connectivity index (χ4n) is 4.54. The first-order valence-corrected chi connectivity index (χ1v) is 10.2. The number of allylic oxidation sites excluding steroid dienone is 2. The lowest BCUT2D eigenvalue weighted by molar-refractivity contribution is -0.137. The molecule has 0 radical (unpaired) electrons. The van der Waals surface area contributed by atoms with Crippen LogP contribution in [0.5, 0.6) is 11.5 Å². The summed E-state index contributed by atoms with van der Waals surface area (Å²) in [5, 5.41) is 0. The van der Waals surface area contributed by atoms with E-state index in [0.29, 0.717) is 47.6 Å². The number of benzene rings is 2. The van der Waals surface area contributed by atoms with Gasteiger partial charge in [0.25, 0.3) is 0 Å². The molecule has 2 aromatic carbocycles. The van der Waals surface area contributed by atoms with Crippen molar-refractivity contribution in [2.24, 2.45) is 0 Å². The van der Waals surface area contributed by atoms with Crippen molar-refractivity contribution in [2.75, 3.05) is 19.1 Å². The van der Waals surface area contributed by atoms with Gasteiger partial charge in [-0.25, -0.2) is 0 Å². The van der Waals surface area contributed by atoms with Crippen LogP contribution in [0.3, 0.4) is 0 Å². The second kappa shape index (κ2) is 8.33. The summed E-state index contributed by atoms with van der Waals surface area (Å²) in [6, 6.07) is 10.1. The number of alkyl halides is 3. The Morgan fingerprint density at radius 1 is 0.969 bits per heavy atom. The molecule has 2 aliphatic rings. The van der Waals surface area contributed by atoms with E-state index in [9.17, 15) is 22.8 Å². The van der Waals surface area contributed by atoms with E-state index < -0.39 is 23.6 Å². The van der Waals surface area contributed by atoms with Gasteiger partial charge in [0.05, 0.1) is 25.5 Å². The number of Topliss-reactive ketones (excluding diaryl/α,β-unsaturated/α-hetero) is 1. The SMILES string of the molecule is COc1ccc([C@H]2CC(=O)N(c3ccccc3C(F)(F)F)C3=C2C(=O)CCC3)cc1OC. The summed E-state index contributed by atoms with van der Waals surface area (Å²) in [4.78, 5) is 27.3. The summed E-state index contributed by atoms with van der Waals surface area (Å²) >= 11 is 0. The Hall–Kier alpha value is -3.29. The molecule has 1 aliphatic carbocycles. The minimum Gasteiger partial charge on any atom is -0.493 e. The number of rotatable bonds is 4. The van der Waals surface area contributed by atoms with E-state index in [1.807, 2.05) is 0 Å². The van der Waals surface area contributed by atoms with Crippen LogP contribution in [0.4, 0.5) is 18.9 Å². The van der Waals surface area contributed by atoms with Crippen LogP contribution in [0.25, 0.3) is 0 Å². The van der Waals surface area contributed by atoms with Crippen molar-refractivity contribution in [2.45, 2.75) is 37.8 Å². The summed E-state index contributed by atoms with van der Waals surface area (Å²) in [5.41, 5.74) is 0.303. The number of hydrogen-bond acceptors (Lipinski definition) is 4. The van der Waals surface area contributed by atoms with Crippen molar-refractivity contribution in [1.82, 2.24) is 0 Å². The number of ketones is 1. The van der Waals surface area contributed by atoms with Gasteiger partial charge in [-0.15, -0.1) is 0 Å². The average Bonchev–Trinajstić information content (AvgIpc) is 2.77. The van der Waals surface area contributed by atoms with Gasteiger partial charge in [-0.2, -0.15) is 13.2 Å². The Bertz CT molecular complexity index is 1110. The average molecular weight is 445 g/mol. The standard InChI is InChI=1S/C24H22F3NO4/c1-31-20-11-10-14(12-21(20)32-2)15-13-22(30)28(18-8-5-9-19(29)23(15)18)17-7-4-3-6-16(17)24(25,26)27/h3-4,6-7,10-12,15H,5,8-9,13H2,1-2H3/t15-/m1/s1. The summed E-state index contributed by atoms with van der Waals surface area (Å²) in [5.74, 6) is -0.224. The number of amides is 1. The van der Waals surface area contributed by atoms with Gasteiger partial charge in [-0.05, 0) is 42.7 Å². The Balaban J connectivity index is 1.88. The zero-order valence-corrected chi connectivity index (χ0v) is 17.7. The summed E-state index contributed by atoms with van der Waals surface area (Å²) < 4.78 is 51.7. The number of para-hydroxylation sites is 1. The fourth-order valence-corrected chi connectivity index (χ4v) is 4.54. The lowest BCUT2D eigenvalue weighted by Gasteiger charge is -2.39. The molecule has 168 valence electrons. The quantitative estimate of drug-likeness (QED) is 0.645. The fraction of sp³-hybridized carbons (Fsp3) is 0.333. The van der Waals surface area contributed by atoms with Crippen LogP contribution in [-0.2, 0) is 15.8 Å². The molecule has 0 aromatic heterocycles. The lowest BCUT2D eigenvalue weighted by Crippen LogP contribution is -2.41. The highest BCUT2D eigenvalue weighted by atomic mass is 19.4. The van der Waals surface area contributed by atoms with Crippen LogP contribution in [-0.4, -0.2) is 25.9 Å². The molecule has 8 heteroatoms. The number of ether oxygens (including phenoxy) is 2. The number of hydrogen-bond donors (Lipinski definition) is 0. The number of carbonyl (C=O) groups is 2. The zero-order valence-electron chi connectivity index (χ0n) is 17.7. The van der Waals surface area contributed by atoms with Gasteiger partial charge in [0, 0.05) is 30.0 Å². The molecule has 0 bridgehead atoms. The Morgan fingerprint density at radius 2 is 1.69 bits per heavy atom. The van der Waals surface area contributed by atoms with E-state index >= 15 is 0 Å². The molecule has 0 spiro atoms. The minimum absolute atomic E-state index is 0.119. The van der Waals surface area contributed by atoms with Gasteiger partial charge in [-0.3, -0.25) is 14.5 Å². The second-order valence-electron chi connectivity index (χ2n) is 7.75. The predicted molar refractivity (Wildman–Crippen MR) is 112 cm³/mol. The molecule has 32 heavy (non-hydrogen) atoms. The Morgan fingerprint density at radius 3 is 2.38 bits per heavy atom. The molecule has 0 fully saturated rings. The molecule has 1 atom stereocenters. The van der Waals surface area contributed by atoms with Gasteiger partial charge < -0.3 is 9.47 Å². The van der Waals surface area contributed by atoms with E-state index in [1.54, 1.807) is 18.2 Å². The number of carbonyl (C=O) groups excluding carboxylic acids is 2. The van der Waals surface area contributed by atoms with Gasteiger partial charge in [0.15, 0.2) is 17.3 Å². The lowest BCUT2D eigenvalue weighted by atomic mass is 9.77. The number of nitrogens with zero attached hydrogens (tertiary/aromatic N) is 1. The van der Waals surface area contributed by atoms with E-state index in [0.717, 1.165) is 11.0 Å². The van der Waals surface area contributed by atoms with Gasteiger partial charge in [-0.1, -0.05) is 18.2 Å². The molecular formula is C24H22F3NO4. The van der Waals surface area contributed by atoms with Crippen LogP contribution >= 0.6 is 0 Å². The largest absolute Gasteiger partial charge is 0.493 e. The minimum atomic E-state index is -4.63. The van der Waals surface area contributed by atoms with Crippen molar-refractivity contribution >= 4 is 17.4 Å². The predicted octanol–water partition coefficient (Wildman–Crippen LogP) is 5.25. The Labute approximate surface area is 183 Å². The Kier molecular flexibility index (Phi) is 5.71. The van der Waals surface area contributed by atoms with Gasteiger partial charge in [0.1, 0.15) is 0 Å². The van der Waals surface area contributed by atoms with Crippen molar-refractivity contribution in [3.05, 3.63) is 64.9 Å². The summed E-state index contributed by atoms with van der Waals surface area (Å²) in [6.45, 7) is 0. The number of anilines is 1. The number of methoxy groups -OCH3 is 2. The third kappa shape index (κ3) is 3.74. The topological polar surface area (TPSA) is 55.8 Å². The van der Waals surface area contributed by atoms with Crippen LogP contribution in [0.2, 0.25) is 0 Å². The van der Waals surface area contributed by atoms with Crippen LogP contribution in [0.15, 0.2) is 53.7 Å². The van der Waals surface area contributed by atoms with Gasteiger partial charge >= 0.3 is 6.18 Å². The molecule has 0 saturated carbocycles. The van der Waals surface area contributed by atoms with Crippen LogP contribution in [0, 0.1) is 0 Å². The molecule has 2 aromatic rings. The third-order valence-electron chi connectivity index (χ3n) is 5.94. The molecule has 0 saturated heterocycles. The molecule has 0 unspecified atom stereocenters. The smallest absolute Gasteiger partial charge is 0.418 e. The first kappa shape index (κ1) is 21.9. The molecule has 1 aliphatic heterocycles. The van der Waals surface area contributed by atoms with Crippen LogP contribution < -0.4 is 14.4 Å². The highest BCUT2D eigenvalue weighted by Gasteiger charge is 2.43. The highest BCUT2D eigenvalue weighted by molar-refractivity contribution is 6.07. The summed E-state index contributed by atoms with van der Waals surface area (Å²) in [7, 11) is 2.99. The monoisotopic (exact) mass is 445 g/mol. The van der Waals surface area contributed by atoms with Crippen LogP contribution in [0.1, 0.15) is 42.7 Å². The highest BCUT2D eigenvalue weighted by Crippen LogP contribution is 2.47. The van der Waals surface area contributed by atoms with Crippen molar-refractivity contribution in [3.8, 4) is 11.5 Å². The van der Waals surface area contributed by atoms with E-state index in [1.165, 1.54) is 32.4 Å². The maximum Gasteiger partial charge on any atom is 0.418 e. The first-order valence-electron chi connectivity index (χ1n) is 10.2. The summed E-state index contributed by atoms with van der Waals surface area (Å²) in [6.07, 6.45) is -3.62. The molecule has 0 N–H and O–H groups in total. The molecule has 1 amide bonds. The molecule has 4 rings (SSSR count). The maximum absolute atomic E-state index is 13.7. The first-order chi connectivity index (χ1) is 15.3. The molecule has 1 heterocycles. The zero-order chi connectivity index (χ0) is 23.0. The van der Waals surface area contributed by atoms with Gasteiger partial charge in [0.2, 0.25) is 5.91 Å². The normalized spacial score (nSPS) is 19.2. The van der Waals surface area contributed by atoms with E-state index in [4.69, 9.17) is 9.47 Å². The molecular weight excluding hydrogens is 423 g/mol. The van der Waals surface area contributed by atoms with E-state index in [-0.39, 0.29) is 17.9 Å². The second-order valence-corrected chi connectivity index (χ2v) is 7.75.